The number of carbonyl (C=O) groups is 1. The number of aliphatic hydroxyl groups excluding tert-OH is 1. The van der Waals surface area contributed by atoms with Crippen molar-refractivity contribution in [2.75, 3.05) is 15.5 Å². The zero-order chi connectivity index (χ0) is 28.2. The molecule has 0 aliphatic carbocycles. The summed E-state index contributed by atoms with van der Waals surface area (Å²) in [4.78, 5) is 40.6. The number of benzene rings is 2. The molecule has 39 heavy (non-hydrogen) atoms. The smallest absolute Gasteiger partial charge is 0.261 e. The predicted octanol–water partition coefficient (Wildman–Crippen LogP) is 6.09. The van der Waals surface area contributed by atoms with Crippen LogP contribution in [0.1, 0.15) is 59.6 Å². The normalized spacial score (nSPS) is 14.1. The summed E-state index contributed by atoms with van der Waals surface area (Å²) in [5.74, 6) is 0.184. The SMILES string of the molecule is Cc1ccc(CO)c(N2Cc3c(Cl)ccc(Nc4c(N[C@@H](c5ccc(Cl)o5)C(C)(C)C)c(=O)c4=O)c3C2=O)c1. The van der Waals surface area contributed by atoms with Gasteiger partial charge in [-0.15, -0.1) is 0 Å². The van der Waals surface area contributed by atoms with Crippen molar-refractivity contribution in [1.82, 2.24) is 0 Å². The van der Waals surface area contributed by atoms with E-state index in [-0.39, 0.29) is 35.7 Å². The number of aryl methyl sites for hydroxylation is 1. The van der Waals surface area contributed by atoms with Crippen LogP contribution < -0.4 is 26.4 Å². The number of hydrogen-bond acceptors (Lipinski definition) is 7. The third-order valence-electron chi connectivity index (χ3n) is 6.94. The number of rotatable bonds is 7. The van der Waals surface area contributed by atoms with E-state index in [0.717, 1.165) is 5.56 Å². The molecule has 1 aliphatic heterocycles. The molecule has 0 bridgehead atoms. The zero-order valence-electron chi connectivity index (χ0n) is 21.8. The Morgan fingerprint density at radius 3 is 2.38 bits per heavy atom. The molecule has 2 heterocycles. The molecule has 202 valence electrons. The summed E-state index contributed by atoms with van der Waals surface area (Å²) < 4.78 is 5.61. The van der Waals surface area contributed by atoms with E-state index in [0.29, 0.717) is 38.8 Å². The molecule has 10 heteroatoms. The van der Waals surface area contributed by atoms with Crippen molar-refractivity contribution in [2.45, 2.75) is 46.9 Å². The van der Waals surface area contributed by atoms with Gasteiger partial charge in [-0.25, -0.2) is 0 Å². The van der Waals surface area contributed by atoms with E-state index < -0.39 is 22.3 Å². The molecule has 1 aliphatic rings. The van der Waals surface area contributed by atoms with Gasteiger partial charge in [0.15, 0.2) is 5.22 Å². The molecular formula is C29H27Cl2N3O5. The van der Waals surface area contributed by atoms with Gasteiger partial charge in [-0.2, -0.15) is 0 Å². The highest BCUT2D eigenvalue weighted by Gasteiger charge is 2.36. The Morgan fingerprint density at radius 1 is 1.03 bits per heavy atom. The molecular weight excluding hydrogens is 541 g/mol. The fourth-order valence-corrected chi connectivity index (χ4v) is 5.24. The predicted molar refractivity (Wildman–Crippen MR) is 153 cm³/mol. The van der Waals surface area contributed by atoms with Gasteiger partial charge in [-0.3, -0.25) is 14.4 Å². The lowest BCUT2D eigenvalue weighted by molar-refractivity contribution is 0.0997. The van der Waals surface area contributed by atoms with Gasteiger partial charge in [-0.1, -0.05) is 44.5 Å². The topological polar surface area (TPSA) is 112 Å². The molecule has 0 saturated heterocycles. The summed E-state index contributed by atoms with van der Waals surface area (Å²) in [5, 5.41) is 16.7. The number of anilines is 4. The molecule has 3 N–H and O–H groups in total. The highest BCUT2D eigenvalue weighted by atomic mass is 35.5. The highest BCUT2D eigenvalue weighted by molar-refractivity contribution is 6.33. The van der Waals surface area contributed by atoms with Crippen LogP contribution in [0.15, 0.2) is 56.5 Å². The standard InChI is InChI=1S/C29H27Cl2N3O5/c1-14-5-6-15(13-35)19(11-14)34-12-16-17(30)7-8-18(22(16)28(34)38)32-23-24(26(37)25(23)36)33-27(29(2,3)4)20-9-10-21(31)39-20/h5-11,27,32-33,35H,12-13H2,1-4H3/t27-/m0/s1. The van der Waals surface area contributed by atoms with Crippen molar-refractivity contribution < 1.29 is 14.3 Å². The summed E-state index contributed by atoms with van der Waals surface area (Å²) in [6.45, 7) is 7.76. The van der Waals surface area contributed by atoms with Gasteiger partial charge in [0.25, 0.3) is 16.8 Å². The Balaban J connectivity index is 1.51. The van der Waals surface area contributed by atoms with E-state index >= 15 is 0 Å². The molecule has 8 nitrogen and oxygen atoms in total. The molecule has 4 aromatic rings. The minimum absolute atomic E-state index is 0.0503. The molecule has 1 atom stereocenters. The summed E-state index contributed by atoms with van der Waals surface area (Å²) in [6, 6.07) is 11.6. The van der Waals surface area contributed by atoms with E-state index in [4.69, 9.17) is 27.6 Å². The van der Waals surface area contributed by atoms with Gasteiger partial charge in [0.2, 0.25) is 0 Å². The van der Waals surface area contributed by atoms with Gasteiger partial charge >= 0.3 is 0 Å². The third kappa shape index (κ3) is 4.73. The highest BCUT2D eigenvalue weighted by Crippen LogP contribution is 2.41. The van der Waals surface area contributed by atoms with Gasteiger partial charge in [0.1, 0.15) is 17.1 Å². The van der Waals surface area contributed by atoms with Crippen LogP contribution in [-0.2, 0) is 13.2 Å². The number of nitrogens with zero attached hydrogens (tertiary/aromatic N) is 1. The monoisotopic (exact) mass is 567 g/mol. The van der Waals surface area contributed by atoms with E-state index in [1.54, 1.807) is 35.2 Å². The number of halogens is 2. The second-order valence-electron chi connectivity index (χ2n) is 10.7. The van der Waals surface area contributed by atoms with Crippen molar-refractivity contribution in [2.24, 2.45) is 5.41 Å². The van der Waals surface area contributed by atoms with E-state index in [9.17, 15) is 19.5 Å². The summed E-state index contributed by atoms with van der Waals surface area (Å²) >= 11 is 12.5. The van der Waals surface area contributed by atoms with Crippen LogP contribution in [0.3, 0.4) is 0 Å². The summed E-state index contributed by atoms with van der Waals surface area (Å²) in [5.41, 5.74) is 1.73. The van der Waals surface area contributed by atoms with Crippen LogP contribution in [-0.4, -0.2) is 11.0 Å². The maximum atomic E-state index is 13.7. The summed E-state index contributed by atoms with van der Waals surface area (Å²) in [7, 11) is 0. The maximum Gasteiger partial charge on any atom is 0.261 e. The van der Waals surface area contributed by atoms with Gasteiger partial charge in [-0.05, 0) is 59.8 Å². The van der Waals surface area contributed by atoms with Crippen LogP contribution in [0, 0.1) is 12.3 Å². The third-order valence-corrected chi connectivity index (χ3v) is 7.49. The largest absolute Gasteiger partial charge is 0.447 e. The van der Waals surface area contributed by atoms with Crippen LogP contribution in [0.4, 0.5) is 22.7 Å². The molecule has 3 aromatic carbocycles. The number of hydrogen-bond donors (Lipinski definition) is 3. The Bertz CT molecular complexity index is 1680. The molecule has 1 amide bonds. The van der Waals surface area contributed by atoms with E-state index in [1.807, 2.05) is 39.8 Å². The lowest BCUT2D eigenvalue weighted by atomic mass is 9.85. The van der Waals surface area contributed by atoms with E-state index in [1.165, 1.54) is 0 Å². The molecule has 0 saturated carbocycles. The Kier molecular flexibility index (Phi) is 6.83. The second-order valence-corrected chi connectivity index (χ2v) is 11.5. The molecule has 0 spiro atoms. The number of fused-ring (bicyclic) bond motifs is 1. The molecule has 0 unspecified atom stereocenters. The Hall–Kier alpha value is -3.59. The molecule has 5 rings (SSSR count). The first-order chi connectivity index (χ1) is 18.4. The van der Waals surface area contributed by atoms with E-state index in [2.05, 4.69) is 10.6 Å². The fourth-order valence-electron chi connectivity index (χ4n) is 4.87. The number of carbonyl (C=O) groups excluding carboxylic acids is 1. The van der Waals surface area contributed by atoms with Crippen LogP contribution in [0.2, 0.25) is 10.2 Å². The van der Waals surface area contributed by atoms with Crippen molar-refractivity contribution in [1.29, 1.82) is 0 Å². The molecule has 0 radical (unpaired) electrons. The fraction of sp³-hybridized carbons (Fsp3) is 0.276. The average Bonchev–Trinajstić information content (AvgIpc) is 3.47. The number of amides is 1. The molecule has 0 fully saturated rings. The first kappa shape index (κ1) is 27.0. The minimum atomic E-state index is -0.699. The lowest BCUT2D eigenvalue weighted by Gasteiger charge is -2.31. The van der Waals surface area contributed by atoms with Crippen molar-refractivity contribution in [3.8, 4) is 0 Å². The van der Waals surface area contributed by atoms with Gasteiger partial charge < -0.3 is 25.1 Å². The number of nitrogens with one attached hydrogen (secondary N) is 2. The first-order valence-electron chi connectivity index (χ1n) is 12.4. The Labute approximate surface area is 234 Å². The van der Waals surface area contributed by atoms with Gasteiger partial charge in [0, 0.05) is 16.1 Å². The minimum Gasteiger partial charge on any atom is -0.447 e. The van der Waals surface area contributed by atoms with Crippen LogP contribution in [0.5, 0.6) is 0 Å². The average molecular weight is 568 g/mol. The Morgan fingerprint density at radius 2 is 1.74 bits per heavy atom. The maximum absolute atomic E-state index is 13.7. The quantitative estimate of drug-likeness (QED) is 0.232. The molecule has 1 aromatic heterocycles. The van der Waals surface area contributed by atoms with Crippen LogP contribution in [0.25, 0.3) is 0 Å². The van der Waals surface area contributed by atoms with Crippen LogP contribution >= 0.6 is 23.2 Å². The summed E-state index contributed by atoms with van der Waals surface area (Å²) in [6.07, 6.45) is 0. The first-order valence-corrected chi connectivity index (χ1v) is 13.1. The lowest BCUT2D eigenvalue weighted by Crippen LogP contribution is -2.39. The number of furan rings is 1. The van der Waals surface area contributed by atoms with Crippen molar-refractivity contribution >= 4 is 51.9 Å². The second kappa shape index (κ2) is 9.86. The van der Waals surface area contributed by atoms with Crippen molar-refractivity contribution in [3.05, 3.63) is 101 Å². The van der Waals surface area contributed by atoms with Gasteiger partial charge in [0.05, 0.1) is 36.1 Å². The zero-order valence-corrected chi connectivity index (χ0v) is 23.3. The van der Waals surface area contributed by atoms with Crippen molar-refractivity contribution in [3.63, 3.8) is 0 Å². The number of aliphatic hydroxyl groups is 1.